The van der Waals surface area contributed by atoms with E-state index in [1.54, 1.807) is 0 Å². The van der Waals surface area contributed by atoms with E-state index in [9.17, 15) is 4.79 Å². The number of esters is 1. The molecule has 0 spiro atoms. The molecule has 0 radical (unpaired) electrons. The molecule has 28 heavy (non-hydrogen) atoms. The van der Waals surface area contributed by atoms with E-state index < -0.39 is 0 Å². The van der Waals surface area contributed by atoms with E-state index in [1.165, 1.54) is 122 Å². The van der Waals surface area contributed by atoms with Gasteiger partial charge in [0.2, 0.25) is 0 Å². The zero-order chi connectivity index (χ0) is 20.5. The summed E-state index contributed by atoms with van der Waals surface area (Å²) in [5.74, 6) is 0.0202. The lowest BCUT2D eigenvalue weighted by atomic mass is 10.1. The third-order valence-corrected chi connectivity index (χ3v) is 5.75. The van der Waals surface area contributed by atoms with Gasteiger partial charge in [-0.15, -0.1) is 0 Å². The second-order valence-electron chi connectivity index (χ2n) is 8.69. The number of hydrogen-bond acceptors (Lipinski definition) is 2. The van der Waals surface area contributed by atoms with Crippen LogP contribution in [0.5, 0.6) is 0 Å². The summed E-state index contributed by atoms with van der Waals surface area (Å²) >= 11 is 0. The van der Waals surface area contributed by atoms with E-state index >= 15 is 0 Å². The van der Waals surface area contributed by atoms with Crippen molar-refractivity contribution in [1.82, 2.24) is 0 Å². The summed E-state index contributed by atoms with van der Waals surface area (Å²) in [4.78, 5) is 11.7. The molecule has 0 amide bonds. The van der Waals surface area contributed by atoms with Crippen LogP contribution in [0.4, 0.5) is 0 Å². The fourth-order valence-corrected chi connectivity index (χ4v) is 3.78. The lowest BCUT2D eigenvalue weighted by Crippen LogP contribution is -2.05. The number of carbonyl (C=O) groups excluding carboxylic acids is 1. The van der Waals surface area contributed by atoms with Gasteiger partial charge in [0, 0.05) is 6.42 Å². The minimum atomic E-state index is 0.0202. The van der Waals surface area contributed by atoms with Crippen molar-refractivity contribution in [2.75, 3.05) is 6.61 Å². The molecule has 0 rings (SSSR count). The Kier molecular flexibility index (Phi) is 24.0. The summed E-state index contributed by atoms with van der Waals surface area (Å²) in [5.41, 5.74) is 0. The molecule has 0 aliphatic rings. The Bertz CT molecular complexity index is 273. The van der Waals surface area contributed by atoms with Crippen LogP contribution in [0.15, 0.2) is 0 Å². The van der Waals surface area contributed by atoms with Crippen LogP contribution in [0.3, 0.4) is 0 Å². The van der Waals surface area contributed by atoms with Crippen molar-refractivity contribution < 1.29 is 9.53 Å². The maximum atomic E-state index is 11.7. The molecular formula is C26H52O2. The highest BCUT2D eigenvalue weighted by Crippen LogP contribution is 2.13. The lowest BCUT2D eigenvalue weighted by Gasteiger charge is -2.05. The number of rotatable bonds is 23. The summed E-state index contributed by atoms with van der Waals surface area (Å²) in [7, 11) is 0. The lowest BCUT2D eigenvalue weighted by molar-refractivity contribution is -0.143. The van der Waals surface area contributed by atoms with Crippen molar-refractivity contribution in [3.8, 4) is 0 Å². The van der Waals surface area contributed by atoms with Crippen LogP contribution in [0.25, 0.3) is 0 Å². The SMILES string of the molecule is CCCCCCCCCCCCCC(=O)OCCCCCCCCCCCC. The van der Waals surface area contributed by atoms with Gasteiger partial charge < -0.3 is 4.74 Å². The Balaban J connectivity index is 3.13. The van der Waals surface area contributed by atoms with Crippen molar-refractivity contribution in [1.29, 1.82) is 0 Å². The fourth-order valence-electron chi connectivity index (χ4n) is 3.78. The van der Waals surface area contributed by atoms with Crippen molar-refractivity contribution in [3.63, 3.8) is 0 Å². The van der Waals surface area contributed by atoms with E-state index in [-0.39, 0.29) is 5.97 Å². The predicted octanol–water partition coefficient (Wildman–Crippen LogP) is 9.15. The molecule has 0 atom stereocenters. The first kappa shape index (κ1) is 27.5. The summed E-state index contributed by atoms with van der Waals surface area (Å²) in [6.07, 6.45) is 28.4. The van der Waals surface area contributed by atoms with Crippen LogP contribution in [-0.4, -0.2) is 12.6 Å². The van der Waals surface area contributed by atoms with Crippen molar-refractivity contribution in [2.45, 2.75) is 155 Å². The summed E-state index contributed by atoms with van der Waals surface area (Å²) < 4.78 is 5.37. The van der Waals surface area contributed by atoms with Crippen LogP contribution >= 0.6 is 0 Å². The number of ether oxygens (including phenoxy) is 1. The van der Waals surface area contributed by atoms with Gasteiger partial charge in [-0.05, 0) is 12.8 Å². The normalized spacial score (nSPS) is 11.1. The Morgan fingerprint density at radius 3 is 1.18 bits per heavy atom. The highest BCUT2D eigenvalue weighted by atomic mass is 16.5. The number of carbonyl (C=O) groups is 1. The summed E-state index contributed by atoms with van der Waals surface area (Å²) in [6.45, 7) is 5.17. The quantitative estimate of drug-likeness (QED) is 0.127. The van der Waals surface area contributed by atoms with E-state index in [4.69, 9.17) is 4.74 Å². The van der Waals surface area contributed by atoms with Crippen LogP contribution in [0.2, 0.25) is 0 Å². The zero-order valence-corrected chi connectivity index (χ0v) is 19.6. The molecule has 0 saturated heterocycles. The minimum absolute atomic E-state index is 0.0202. The number of unbranched alkanes of at least 4 members (excludes halogenated alkanes) is 19. The van der Waals surface area contributed by atoms with E-state index in [1.807, 2.05) is 0 Å². The van der Waals surface area contributed by atoms with Crippen LogP contribution in [0.1, 0.15) is 155 Å². The van der Waals surface area contributed by atoms with Gasteiger partial charge in [-0.25, -0.2) is 0 Å². The summed E-state index contributed by atoms with van der Waals surface area (Å²) in [5, 5.41) is 0. The molecule has 0 unspecified atom stereocenters. The standard InChI is InChI=1S/C26H52O2/c1-3-5-7-9-11-13-15-16-18-20-22-24-26(27)28-25-23-21-19-17-14-12-10-8-6-4-2/h3-25H2,1-2H3. The molecule has 0 aromatic rings. The Hall–Kier alpha value is -0.530. The Morgan fingerprint density at radius 1 is 0.464 bits per heavy atom. The molecule has 0 saturated carbocycles. The van der Waals surface area contributed by atoms with E-state index in [2.05, 4.69) is 13.8 Å². The second-order valence-corrected chi connectivity index (χ2v) is 8.69. The van der Waals surface area contributed by atoms with E-state index in [0.29, 0.717) is 13.0 Å². The van der Waals surface area contributed by atoms with Gasteiger partial charge in [0.1, 0.15) is 0 Å². The molecule has 0 bridgehead atoms. The Labute approximate surface area is 177 Å². The third-order valence-electron chi connectivity index (χ3n) is 5.75. The molecule has 0 aromatic heterocycles. The molecule has 0 aliphatic heterocycles. The summed E-state index contributed by atoms with van der Waals surface area (Å²) in [6, 6.07) is 0. The molecule has 0 aromatic carbocycles. The van der Waals surface area contributed by atoms with Crippen molar-refractivity contribution in [2.24, 2.45) is 0 Å². The molecule has 0 N–H and O–H groups in total. The van der Waals surface area contributed by atoms with Gasteiger partial charge in [0.05, 0.1) is 6.61 Å². The molecule has 2 nitrogen and oxygen atoms in total. The van der Waals surface area contributed by atoms with Crippen molar-refractivity contribution in [3.05, 3.63) is 0 Å². The highest BCUT2D eigenvalue weighted by molar-refractivity contribution is 5.69. The van der Waals surface area contributed by atoms with Gasteiger partial charge >= 0.3 is 5.97 Å². The van der Waals surface area contributed by atoms with Crippen LogP contribution in [0, 0.1) is 0 Å². The van der Waals surface area contributed by atoms with Gasteiger partial charge in [-0.2, -0.15) is 0 Å². The predicted molar refractivity (Wildman–Crippen MR) is 124 cm³/mol. The molecule has 0 aliphatic carbocycles. The molecular weight excluding hydrogens is 344 g/mol. The molecule has 0 fully saturated rings. The highest BCUT2D eigenvalue weighted by Gasteiger charge is 2.02. The maximum absolute atomic E-state index is 11.7. The largest absolute Gasteiger partial charge is 0.466 e. The number of hydrogen-bond donors (Lipinski definition) is 0. The van der Waals surface area contributed by atoms with Gasteiger partial charge in [0.15, 0.2) is 0 Å². The topological polar surface area (TPSA) is 26.3 Å². The minimum Gasteiger partial charge on any atom is -0.466 e. The average molecular weight is 397 g/mol. The van der Waals surface area contributed by atoms with Gasteiger partial charge in [0.25, 0.3) is 0 Å². The first-order valence-electron chi connectivity index (χ1n) is 13.0. The van der Waals surface area contributed by atoms with Crippen LogP contribution < -0.4 is 0 Å². The molecule has 0 heterocycles. The second kappa shape index (κ2) is 24.5. The average Bonchev–Trinajstić information content (AvgIpc) is 2.70. The first-order chi connectivity index (χ1) is 13.8. The fraction of sp³-hybridized carbons (Fsp3) is 0.962. The molecule has 168 valence electrons. The van der Waals surface area contributed by atoms with Gasteiger partial charge in [-0.1, -0.05) is 136 Å². The Morgan fingerprint density at radius 2 is 0.786 bits per heavy atom. The maximum Gasteiger partial charge on any atom is 0.305 e. The van der Waals surface area contributed by atoms with E-state index in [0.717, 1.165) is 12.8 Å². The smallest absolute Gasteiger partial charge is 0.305 e. The zero-order valence-electron chi connectivity index (χ0n) is 19.6. The van der Waals surface area contributed by atoms with Crippen LogP contribution in [-0.2, 0) is 9.53 Å². The third kappa shape index (κ3) is 23.5. The first-order valence-corrected chi connectivity index (χ1v) is 13.0. The molecule has 2 heteroatoms. The monoisotopic (exact) mass is 396 g/mol. The van der Waals surface area contributed by atoms with Gasteiger partial charge in [-0.3, -0.25) is 4.79 Å². The van der Waals surface area contributed by atoms with Crippen molar-refractivity contribution >= 4 is 5.97 Å².